The number of primary amides is 1. The van der Waals surface area contributed by atoms with Gasteiger partial charge >= 0.3 is 0 Å². The third kappa shape index (κ3) is 8.01. The van der Waals surface area contributed by atoms with Crippen molar-refractivity contribution >= 4 is 23.6 Å². The molecule has 0 aromatic heterocycles. The highest BCUT2D eigenvalue weighted by Crippen LogP contribution is 2.18. The molecular weight excluding hydrogens is 412 g/mol. The highest BCUT2D eigenvalue weighted by atomic mass is 32.2. The van der Waals surface area contributed by atoms with Gasteiger partial charge < -0.3 is 21.3 Å². The molecule has 1 aromatic carbocycles. The predicted molar refractivity (Wildman–Crippen MR) is 126 cm³/mol. The number of rotatable bonds is 10. The van der Waals surface area contributed by atoms with Gasteiger partial charge in [-0.05, 0) is 74.0 Å². The van der Waals surface area contributed by atoms with E-state index in [0.29, 0.717) is 18.6 Å². The van der Waals surface area contributed by atoms with Gasteiger partial charge in [0, 0.05) is 11.1 Å². The quantitative estimate of drug-likeness (QED) is 0.443. The smallest absolute Gasteiger partial charge is 0.251 e. The molecule has 0 aliphatic heterocycles. The second kappa shape index (κ2) is 12.5. The zero-order valence-electron chi connectivity index (χ0n) is 18.1. The molecule has 31 heavy (non-hydrogen) atoms. The fraction of sp³-hybridized carbons (Fsp3) is 0.417. The Morgan fingerprint density at radius 2 is 1.87 bits per heavy atom. The molecule has 0 bridgehead atoms. The number of thioether (sulfide) groups is 1. The minimum absolute atomic E-state index is 0.248. The van der Waals surface area contributed by atoms with Crippen LogP contribution in [0.5, 0.6) is 0 Å². The van der Waals surface area contributed by atoms with Crippen molar-refractivity contribution in [2.24, 2.45) is 5.73 Å². The van der Waals surface area contributed by atoms with Gasteiger partial charge in [0.05, 0.1) is 12.1 Å². The molecular formula is C24H32N2O4S. The van der Waals surface area contributed by atoms with E-state index in [4.69, 9.17) is 5.73 Å². The second-order valence-electron chi connectivity index (χ2n) is 7.72. The van der Waals surface area contributed by atoms with Gasteiger partial charge in [-0.2, -0.15) is 11.8 Å². The molecule has 1 aromatic rings. The number of aliphatic hydroxyl groups is 2. The molecule has 1 aliphatic rings. The van der Waals surface area contributed by atoms with Gasteiger partial charge in [0.15, 0.2) is 0 Å². The Morgan fingerprint density at radius 3 is 2.58 bits per heavy atom. The fourth-order valence-electron chi connectivity index (χ4n) is 3.40. The van der Waals surface area contributed by atoms with E-state index in [1.54, 1.807) is 30.8 Å². The molecule has 2 amide bonds. The number of carbonyl (C=O) groups is 2. The number of nitrogens with two attached hydrogens (primary N) is 1. The zero-order chi connectivity index (χ0) is 22.8. The van der Waals surface area contributed by atoms with Crippen LogP contribution in [0.15, 0.2) is 54.2 Å². The Labute approximate surface area is 188 Å². The summed E-state index contributed by atoms with van der Waals surface area (Å²) in [6.07, 6.45) is 12.5. The van der Waals surface area contributed by atoms with Gasteiger partial charge in [-0.1, -0.05) is 30.4 Å². The van der Waals surface area contributed by atoms with Crippen LogP contribution in [-0.4, -0.2) is 52.3 Å². The molecule has 3 unspecified atom stereocenters. The molecule has 168 valence electrons. The number of hydrogen-bond acceptors (Lipinski definition) is 5. The third-order valence-electron chi connectivity index (χ3n) is 5.10. The molecule has 3 atom stereocenters. The maximum absolute atomic E-state index is 13.0. The highest BCUT2D eigenvalue weighted by Gasteiger charge is 2.28. The molecule has 1 aliphatic carbocycles. The lowest BCUT2D eigenvalue weighted by Crippen LogP contribution is -2.49. The Balaban J connectivity index is 2.26. The normalized spacial score (nSPS) is 20.3. The van der Waals surface area contributed by atoms with Crippen LogP contribution >= 0.6 is 11.8 Å². The van der Waals surface area contributed by atoms with Gasteiger partial charge in [0.25, 0.3) is 5.91 Å². The summed E-state index contributed by atoms with van der Waals surface area (Å²) in [6, 6.07) is 4.02. The van der Waals surface area contributed by atoms with Crippen LogP contribution in [0.1, 0.15) is 52.0 Å². The van der Waals surface area contributed by atoms with Crippen molar-refractivity contribution in [3.05, 3.63) is 70.8 Å². The summed E-state index contributed by atoms with van der Waals surface area (Å²) in [5.41, 5.74) is 7.58. The first-order chi connectivity index (χ1) is 14.8. The first-order valence-electron chi connectivity index (χ1n) is 10.4. The minimum Gasteiger partial charge on any atom is -0.390 e. The van der Waals surface area contributed by atoms with E-state index in [1.165, 1.54) is 6.07 Å². The van der Waals surface area contributed by atoms with Crippen molar-refractivity contribution < 1.29 is 19.8 Å². The Kier molecular flexibility index (Phi) is 10.0. The monoisotopic (exact) mass is 444 g/mol. The van der Waals surface area contributed by atoms with Crippen molar-refractivity contribution in [3.63, 3.8) is 0 Å². The number of aryl methyl sites for hydroxylation is 1. The van der Waals surface area contributed by atoms with E-state index in [2.05, 4.69) is 17.5 Å². The number of aliphatic hydroxyl groups excluding tert-OH is 2. The largest absolute Gasteiger partial charge is 0.390 e. The second-order valence-corrected chi connectivity index (χ2v) is 8.71. The molecule has 0 spiro atoms. The number of allylic oxidation sites excluding steroid dienone is 5. The van der Waals surface area contributed by atoms with Gasteiger partial charge in [-0.25, -0.2) is 0 Å². The summed E-state index contributed by atoms with van der Waals surface area (Å²) in [6.45, 7) is 1.78. The standard InChI is InChI=1S/C24H32N2O4S/c1-16-12-18(23(25)29)15-19(13-16)24(30)26-20(22(28)21(27)10-11-31-2)14-17-8-6-4-3-5-7-9-17/h4,6-9,12-13,15,20-22,27-28H,3,5,10-11,14H2,1-2H3,(H2,25,29)(H,26,30)/b6-4-,9-7-,17-8+. The summed E-state index contributed by atoms with van der Waals surface area (Å²) in [7, 11) is 0. The van der Waals surface area contributed by atoms with Crippen LogP contribution in [0.3, 0.4) is 0 Å². The van der Waals surface area contributed by atoms with Crippen molar-refractivity contribution in [2.75, 3.05) is 12.0 Å². The van der Waals surface area contributed by atoms with Crippen molar-refractivity contribution in [3.8, 4) is 0 Å². The number of nitrogens with one attached hydrogen (secondary N) is 1. The van der Waals surface area contributed by atoms with Crippen LogP contribution in [0.25, 0.3) is 0 Å². The molecule has 0 heterocycles. The SMILES string of the molecule is CSCCC(O)C(O)C(CC1=C/C=C\CC/C=C\1)NC(=O)c1cc(C)cc(C(N)=O)c1. The van der Waals surface area contributed by atoms with Crippen LogP contribution in [0.2, 0.25) is 0 Å². The molecule has 0 radical (unpaired) electrons. The summed E-state index contributed by atoms with van der Waals surface area (Å²) < 4.78 is 0. The Bertz CT molecular complexity index is 863. The van der Waals surface area contributed by atoms with Crippen LogP contribution < -0.4 is 11.1 Å². The topological polar surface area (TPSA) is 113 Å². The zero-order valence-corrected chi connectivity index (χ0v) is 18.9. The van der Waals surface area contributed by atoms with Gasteiger partial charge in [0.1, 0.15) is 6.10 Å². The summed E-state index contributed by atoms with van der Waals surface area (Å²) >= 11 is 1.58. The molecule has 0 fully saturated rings. The van der Waals surface area contributed by atoms with E-state index in [0.717, 1.165) is 24.0 Å². The molecule has 7 heteroatoms. The van der Waals surface area contributed by atoms with Gasteiger partial charge in [-0.3, -0.25) is 9.59 Å². The fourth-order valence-corrected chi connectivity index (χ4v) is 3.88. The van der Waals surface area contributed by atoms with E-state index in [1.807, 2.05) is 24.5 Å². The first-order valence-corrected chi connectivity index (χ1v) is 11.8. The Hall–Kier alpha value is -2.35. The minimum atomic E-state index is -1.14. The molecule has 2 rings (SSSR count). The molecule has 0 saturated carbocycles. The highest BCUT2D eigenvalue weighted by molar-refractivity contribution is 7.98. The average molecular weight is 445 g/mol. The number of carbonyl (C=O) groups excluding carboxylic acids is 2. The maximum atomic E-state index is 13.0. The van der Waals surface area contributed by atoms with Crippen molar-refractivity contribution in [1.29, 1.82) is 0 Å². The molecule has 6 nitrogen and oxygen atoms in total. The average Bonchev–Trinajstić information content (AvgIpc) is 2.71. The van der Waals surface area contributed by atoms with Crippen LogP contribution in [0, 0.1) is 6.92 Å². The van der Waals surface area contributed by atoms with E-state index >= 15 is 0 Å². The first kappa shape index (κ1) is 24.9. The summed E-state index contributed by atoms with van der Waals surface area (Å²) in [4.78, 5) is 24.5. The lowest BCUT2D eigenvalue weighted by atomic mass is 9.94. The Morgan fingerprint density at radius 1 is 1.16 bits per heavy atom. The van der Waals surface area contributed by atoms with Crippen LogP contribution in [0.4, 0.5) is 0 Å². The number of benzene rings is 1. The van der Waals surface area contributed by atoms with Crippen molar-refractivity contribution in [1.82, 2.24) is 5.32 Å². The number of amides is 2. The third-order valence-corrected chi connectivity index (χ3v) is 5.74. The number of hydrogen-bond donors (Lipinski definition) is 4. The molecule has 5 N–H and O–H groups in total. The lowest BCUT2D eigenvalue weighted by Gasteiger charge is -2.28. The van der Waals surface area contributed by atoms with E-state index in [-0.39, 0.29) is 11.1 Å². The summed E-state index contributed by atoms with van der Waals surface area (Å²) in [5, 5.41) is 24.2. The van der Waals surface area contributed by atoms with Crippen molar-refractivity contribution in [2.45, 2.75) is 50.9 Å². The van der Waals surface area contributed by atoms with E-state index < -0.39 is 30.1 Å². The lowest BCUT2D eigenvalue weighted by molar-refractivity contribution is -0.00389. The predicted octanol–water partition coefficient (Wildman–Crippen LogP) is 2.89. The van der Waals surface area contributed by atoms with Gasteiger partial charge in [-0.15, -0.1) is 0 Å². The summed E-state index contributed by atoms with van der Waals surface area (Å²) in [5.74, 6) is -0.346. The maximum Gasteiger partial charge on any atom is 0.251 e. The van der Waals surface area contributed by atoms with Gasteiger partial charge in [0.2, 0.25) is 5.91 Å². The molecule has 0 saturated heterocycles. The van der Waals surface area contributed by atoms with Crippen LogP contribution in [-0.2, 0) is 0 Å². The van der Waals surface area contributed by atoms with E-state index in [9.17, 15) is 19.8 Å².